The smallest absolute Gasteiger partial charge is 0.337 e. The van der Waals surface area contributed by atoms with E-state index in [1.165, 1.54) is 30.7 Å². The van der Waals surface area contributed by atoms with Gasteiger partial charge in [0, 0.05) is 5.56 Å². The summed E-state index contributed by atoms with van der Waals surface area (Å²) in [5.74, 6) is -0.420. The fraction of sp³-hybridized carbons (Fsp3) is 0.265. The number of carbonyl (C=O) groups excluding carboxylic acids is 1. The van der Waals surface area contributed by atoms with Crippen LogP contribution in [-0.2, 0) is 15.6 Å². The molecule has 1 N–H and O–H groups in total. The minimum absolute atomic E-state index is 0.0506. The molecular weight excluding hydrogens is 456 g/mol. The van der Waals surface area contributed by atoms with Crippen molar-refractivity contribution in [2.45, 2.75) is 51.4 Å². The molecule has 1 aliphatic carbocycles. The van der Waals surface area contributed by atoms with E-state index < -0.39 is 5.97 Å². The summed E-state index contributed by atoms with van der Waals surface area (Å²) in [6.07, 6.45) is 2.33. The van der Waals surface area contributed by atoms with E-state index in [1.54, 1.807) is 12.1 Å². The van der Waals surface area contributed by atoms with Gasteiger partial charge in [-0.25, -0.2) is 4.79 Å². The van der Waals surface area contributed by atoms with Gasteiger partial charge in [0.05, 0.1) is 12.7 Å². The van der Waals surface area contributed by atoms with Crippen LogP contribution in [0.4, 0.5) is 0 Å². The van der Waals surface area contributed by atoms with E-state index >= 15 is 0 Å². The predicted octanol–water partition coefficient (Wildman–Crippen LogP) is 8.53. The third kappa shape index (κ3) is 4.55. The summed E-state index contributed by atoms with van der Waals surface area (Å²) >= 11 is 0. The first-order chi connectivity index (χ1) is 17.6. The fourth-order valence-corrected chi connectivity index (χ4v) is 5.60. The van der Waals surface area contributed by atoms with Gasteiger partial charge in [-0.1, -0.05) is 88.4 Å². The van der Waals surface area contributed by atoms with Crippen LogP contribution in [0.1, 0.15) is 62.0 Å². The zero-order valence-corrected chi connectivity index (χ0v) is 22.3. The molecule has 0 radical (unpaired) electrons. The number of carbonyl (C=O) groups is 1. The molecule has 0 heterocycles. The van der Waals surface area contributed by atoms with Crippen LogP contribution in [0.25, 0.3) is 33.4 Å². The normalized spacial score (nSPS) is 15.6. The maximum Gasteiger partial charge on any atom is 0.337 e. The summed E-state index contributed by atoms with van der Waals surface area (Å²) in [5.41, 5.74) is 9.55. The summed E-state index contributed by atoms with van der Waals surface area (Å²) < 4.78 is 4.81. The van der Waals surface area contributed by atoms with Gasteiger partial charge in [-0.2, -0.15) is 0 Å². The highest BCUT2D eigenvalue weighted by Gasteiger charge is 2.37. The highest BCUT2D eigenvalue weighted by atomic mass is 16.5. The Morgan fingerprint density at radius 3 is 1.97 bits per heavy atom. The van der Waals surface area contributed by atoms with Crippen molar-refractivity contribution in [3.63, 3.8) is 0 Å². The Bertz CT molecular complexity index is 1480. The summed E-state index contributed by atoms with van der Waals surface area (Å²) in [7, 11) is 1.34. The molecule has 3 heteroatoms. The second kappa shape index (κ2) is 9.23. The average Bonchev–Trinajstić information content (AvgIpc) is 2.91. The first-order valence-corrected chi connectivity index (χ1v) is 12.9. The molecule has 1 aliphatic rings. The predicted molar refractivity (Wildman–Crippen MR) is 151 cm³/mol. The topological polar surface area (TPSA) is 46.5 Å². The van der Waals surface area contributed by atoms with E-state index in [0.717, 1.165) is 34.2 Å². The van der Waals surface area contributed by atoms with Gasteiger partial charge >= 0.3 is 5.97 Å². The van der Waals surface area contributed by atoms with Gasteiger partial charge in [-0.3, -0.25) is 0 Å². The van der Waals surface area contributed by atoms with Crippen LogP contribution >= 0.6 is 0 Å². The Hall–Kier alpha value is -3.85. The Labute approximate surface area is 219 Å². The van der Waals surface area contributed by atoms with Crippen LogP contribution in [0, 0.1) is 0 Å². The SMILES string of the molecule is COC(=O)c1ccc(-c2ccc(-c3ccccc3)c(-c3ccc4c(c3)C(C)(C)CCC4(C)C)c2)c(O)c1. The van der Waals surface area contributed by atoms with Crippen LogP contribution in [-0.4, -0.2) is 18.2 Å². The van der Waals surface area contributed by atoms with Crippen LogP contribution in [0.5, 0.6) is 5.75 Å². The first kappa shape index (κ1) is 24.8. The molecule has 0 unspecified atom stereocenters. The second-order valence-corrected chi connectivity index (χ2v) is 11.4. The molecule has 3 nitrogen and oxygen atoms in total. The van der Waals surface area contributed by atoms with Crippen molar-refractivity contribution in [3.8, 4) is 39.1 Å². The molecule has 0 fully saturated rings. The zero-order valence-electron chi connectivity index (χ0n) is 22.3. The number of fused-ring (bicyclic) bond motifs is 1. The van der Waals surface area contributed by atoms with Gasteiger partial charge in [-0.05, 0) is 86.9 Å². The molecule has 188 valence electrons. The van der Waals surface area contributed by atoms with E-state index in [-0.39, 0.29) is 16.6 Å². The standard InChI is InChI=1S/C34H34O3/c1-33(2)17-18-34(3,4)30-20-24(13-16-29(30)33)28-19-23(11-14-26(28)22-9-7-6-8-10-22)27-15-12-25(21-31(27)35)32(36)37-5/h6-16,19-21,35H,17-18H2,1-5H3. The highest BCUT2D eigenvalue weighted by molar-refractivity contribution is 5.92. The summed E-state index contributed by atoms with van der Waals surface area (Å²) in [4.78, 5) is 11.9. The number of hydrogen-bond donors (Lipinski definition) is 1. The Balaban J connectivity index is 1.70. The maximum atomic E-state index is 11.9. The van der Waals surface area contributed by atoms with Crippen LogP contribution in [0.15, 0.2) is 84.9 Å². The number of phenolic OH excluding ortho intramolecular Hbond substituents is 1. The van der Waals surface area contributed by atoms with Crippen molar-refractivity contribution in [1.82, 2.24) is 0 Å². The third-order valence-corrected chi connectivity index (χ3v) is 8.00. The summed E-state index contributed by atoms with van der Waals surface area (Å²) in [5, 5.41) is 10.8. The van der Waals surface area contributed by atoms with Crippen molar-refractivity contribution in [1.29, 1.82) is 0 Å². The number of rotatable bonds is 4. The molecule has 0 saturated heterocycles. The number of aromatic hydroxyl groups is 1. The maximum absolute atomic E-state index is 11.9. The minimum atomic E-state index is -0.471. The van der Waals surface area contributed by atoms with Gasteiger partial charge in [0.15, 0.2) is 0 Å². The molecule has 0 aliphatic heterocycles. The molecule has 0 saturated carbocycles. The van der Waals surface area contributed by atoms with Gasteiger partial charge in [0.2, 0.25) is 0 Å². The van der Waals surface area contributed by atoms with Crippen LogP contribution in [0.3, 0.4) is 0 Å². The quantitative estimate of drug-likeness (QED) is 0.292. The lowest BCUT2D eigenvalue weighted by Gasteiger charge is -2.42. The number of ether oxygens (including phenoxy) is 1. The Morgan fingerprint density at radius 2 is 1.30 bits per heavy atom. The minimum Gasteiger partial charge on any atom is -0.507 e. The molecular formula is C34H34O3. The molecule has 5 rings (SSSR count). The monoisotopic (exact) mass is 490 g/mol. The van der Waals surface area contributed by atoms with Crippen molar-refractivity contribution < 1.29 is 14.6 Å². The summed E-state index contributed by atoms with van der Waals surface area (Å²) in [6.45, 7) is 9.38. The molecule has 4 aromatic carbocycles. The molecule has 0 amide bonds. The third-order valence-electron chi connectivity index (χ3n) is 8.00. The number of benzene rings is 4. The van der Waals surface area contributed by atoms with E-state index in [1.807, 2.05) is 12.1 Å². The van der Waals surface area contributed by atoms with Gasteiger partial charge in [0.25, 0.3) is 0 Å². The number of phenols is 1. The molecule has 0 spiro atoms. The van der Waals surface area contributed by atoms with Crippen molar-refractivity contribution in [3.05, 3.63) is 102 Å². The number of methoxy groups -OCH3 is 1. The second-order valence-electron chi connectivity index (χ2n) is 11.4. The Morgan fingerprint density at radius 1 is 0.676 bits per heavy atom. The number of hydrogen-bond acceptors (Lipinski definition) is 3. The molecule has 0 bridgehead atoms. The molecule has 0 atom stereocenters. The van der Waals surface area contributed by atoms with Gasteiger partial charge in [0.1, 0.15) is 5.75 Å². The van der Waals surface area contributed by atoms with Gasteiger partial charge in [-0.15, -0.1) is 0 Å². The van der Waals surface area contributed by atoms with E-state index in [4.69, 9.17) is 4.74 Å². The van der Waals surface area contributed by atoms with E-state index in [0.29, 0.717) is 11.1 Å². The summed E-state index contributed by atoms with van der Waals surface area (Å²) in [6, 6.07) is 28.6. The van der Waals surface area contributed by atoms with E-state index in [2.05, 4.69) is 82.3 Å². The average molecular weight is 491 g/mol. The number of esters is 1. The molecule has 4 aromatic rings. The first-order valence-electron chi connectivity index (χ1n) is 12.9. The zero-order chi connectivity index (χ0) is 26.4. The Kier molecular flexibility index (Phi) is 6.19. The molecule has 0 aromatic heterocycles. The lowest BCUT2D eigenvalue weighted by molar-refractivity contribution is 0.0600. The highest BCUT2D eigenvalue weighted by Crippen LogP contribution is 2.48. The van der Waals surface area contributed by atoms with Gasteiger partial charge < -0.3 is 9.84 Å². The van der Waals surface area contributed by atoms with Crippen molar-refractivity contribution in [2.75, 3.05) is 7.11 Å². The largest absolute Gasteiger partial charge is 0.507 e. The van der Waals surface area contributed by atoms with E-state index in [9.17, 15) is 9.90 Å². The van der Waals surface area contributed by atoms with Crippen molar-refractivity contribution >= 4 is 5.97 Å². The fourth-order valence-electron chi connectivity index (χ4n) is 5.60. The lowest BCUT2D eigenvalue weighted by atomic mass is 9.63. The van der Waals surface area contributed by atoms with Crippen LogP contribution < -0.4 is 0 Å². The lowest BCUT2D eigenvalue weighted by Crippen LogP contribution is -2.33. The van der Waals surface area contributed by atoms with Crippen LogP contribution in [0.2, 0.25) is 0 Å². The molecule has 37 heavy (non-hydrogen) atoms. The van der Waals surface area contributed by atoms with Crippen molar-refractivity contribution in [2.24, 2.45) is 0 Å².